The van der Waals surface area contributed by atoms with Crippen molar-refractivity contribution < 1.29 is 0 Å². The molecule has 0 saturated carbocycles. The summed E-state index contributed by atoms with van der Waals surface area (Å²) in [6.07, 6.45) is 1.78. The number of thiol groups is 1. The Balaban J connectivity index is 2.43. The molecule has 4 heteroatoms. The van der Waals surface area contributed by atoms with Crippen LogP contribution in [0.25, 0.3) is 10.7 Å². The van der Waals surface area contributed by atoms with E-state index in [4.69, 9.17) is 0 Å². The van der Waals surface area contributed by atoms with E-state index in [-0.39, 0.29) is 0 Å². The van der Waals surface area contributed by atoms with Gasteiger partial charge in [0.15, 0.2) is 0 Å². The molecule has 0 bridgehead atoms. The van der Waals surface area contributed by atoms with Crippen molar-refractivity contribution in [3.63, 3.8) is 0 Å². The lowest BCUT2D eigenvalue weighted by molar-refractivity contribution is 1.20. The first-order valence-corrected chi connectivity index (χ1v) is 5.74. The number of aryl methyl sites for hydroxylation is 1. The fourth-order valence-electron chi connectivity index (χ4n) is 1.17. The second-order valence-corrected chi connectivity index (χ2v) is 4.30. The number of thiazole rings is 1. The van der Waals surface area contributed by atoms with E-state index >= 15 is 0 Å². The van der Waals surface area contributed by atoms with E-state index in [0.29, 0.717) is 0 Å². The zero-order valence-electron chi connectivity index (χ0n) is 7.77. The second kappa shape index (κ2) is 4.11. The van der Waals surface area contributed by atoms with Crippen molar-refractivity contribution in [2.24, 2.45) is 0 Å². The van der Waals surface area contributed by atoms with Crippen molar-refractivity contribution >= 4 is 24.0 Å². The first kappa shape index (κ1) is 9.68. The summed E-state index contributed by atoms with van der Waals surface area (Å²) in [6.45, 7) is 2.01. The van der Waals surface area contributed by atoms with Gasteiger partial charge in [-0.25, -0.2) is 4.98 Å². The minimum absolute atomic E-state index is 0.746. The van der Waals surface area contributed by atoms with Gasteiger partial charge in [0.2, 0.25) is 0 Å². The molecule has 0 aliphatic rings. The largest absolute Gasteiger partial charge is 0.254 e. The van der Waals surface area contributed by atoms with E-state index in [1.54, 1.807) is 17.5 Å². The summed E-state index contributed by atoms with van der Waals surface area (Å²) < 4.78 is 0. The Hall–Kier alpha value is -0.870. The van der Waals surface area contributed by atoms with Gasteiger partial charge in [-0.1, -0.05) is 6.07 Å². The highest BCUT2D eigenvalue weighted by atomic mass is 32.1. The molecule has 0 unspecified atom stereocenters. The average Bonchev–Trinajstić information content (AvgIpc) is 2.61. The van der Waals surface area contributed by atoms with Crippen molar-refractivity contribution in [1.29, 1.82) is 0 Å². The van der Waals surface area contributed by atoms with Gasteiger partial charge in [-0.2, -0.15) is 12.6 Å². The first-order chi connectivity index (χ1) is 6.81. The first-order valence-electron chi connectivity index (χ1n) is 4.30. The summed E-state index contributed by atoms with van der Waals surface area (Å²) in [5, 5.41) is 0.979. The predicted molar refractivity (Wildman–Crippen MR) is 62.8 cm³/mol. The molecule has 0 atom stereocenters. The minimum atomic E-state index is 0.746. The lowest BCUT2D eigenvalue weighted by atomic mass is 10.3. The van der Waals surface area contributed by atoms with Gasteiger partial charge in [-0.15, -0.1) is 11.3 Å². The van der Waals surface area contributed by atoms with Crippen molar-refractivity contribution in [1.82, 2.24) is 9.97 Å². The highest BCUT2D eigenvalue weighted by Crippen LogP contribution is 2.26. The van der Waals surface area contributed by atoms with Gasteiger partial charge in [0.1, 0.15) is 5.01 Å². The Morgan fingerprint density at radius 3 is 2.86 bits per heavy atom. The monoisotopic (exact) mass is 222 g/mol. The molecule has 2 aromatic heterocycles. The molecule has 0 aromatic carbocycles. The Kier molecular flexibility index (Phi) is 2.84. The third kappa shape index (κ3) is 1.81. The van der Waals surface area contributed by atoms with Crippen LogP contribution in [0, 0.1) is 6.92 Å². The molecule has 72 valence electrons. The number of rotatable bonds is 2. The molecule has 2 heterocycles. The normalized spacial score (nSPS) is 10.4. The fraction of sp³-hybridized carbons (Fsp3) is 0.200. The van der Waals surface area contributed by atoms with Crippen LogP contribution in [0.4, 0.5) is 0 Å². The molecule has 2 rings (SSSR count). The maximum absolute atomic E-state index is 4.46. The molecule has 0 aliphatic heterocycles. The molecule has 14 heavy (non-hydrogen) atoms. The lowest BCUT2D eigenvalue weighted by Crippen LogP contribution is -1.80. The lowest BCUT2D eigenvalue weighted by Gasteiger charge is -1.91. The van der Waals surface area contributed by atoms with Crippen LogP contribution >= 0.6 is 24.0 Å². The molecule has 0 amide bonds. The summed E-state index contributed by atoms with van der Waals surface area (Å²) in [4.78, 5) is 9.94. The topological polar surface area (TPSA) is 25.8 Å². The van der Waals surface area contributed by atoms with Crippen molar-refractivity contribution in [3.05, 3.63) is 35.0 Å². The van der Waals surface area contributed by atoms with Crippen LogP contribution in [0.1, 0.15) is 10.6 Å². The van der Waals surface area contributed by atoms with Gasteiger partial charge in [-0.3, -0.25) is 4.98 Å². The third-order valence-electron chi connectivity index (χ3n) is 1.92. The zero-order chi connectivity index (χ0) is 9.97. The Morgan fingerprint density at radius 2 is 2.29 bits per heavy atom. The molecule has 2 aromatic rings. The van der Waals surface area contributed by atoms with Crippen LogP contribution in [0.3, 0.4) is 0 Å². The SMILES string of the molecule is Cc1nc(-c2ccccn2)sc1CS. The summed E-state index contributed by atoms with van der Waals surface area (Å²) in [5.41, 5.74) is 2.00. The van der Waals surface area contributed by atoms with E-state index in [9.17, 15) is 0 Å². The smallest absolute Gasteiger partial charge is 0.142 e. The zero-order valence-corrected chi connectivity index (χ0v) is 9.48. The highest BCUT2D eigenvalue weighted by molar-refractivity contribution is 7.79. The molecule has 0 saturated heterocycles. The van der Waals surface area contributed by atoms with Gasteiger partial charge >= 0.3 is 0 Å². The maximum atomic E-state index is 4.46. The van der Waals surface area contributed by atoms with E-state index in [1.807, 2.05) is 25.1 Å². The summed E-state index contributed by atoms with van der Waals surface area (Å²) in [6, 6.07) is 5.85. The molecular weight excluding hydrogens is 212 g/mol. The minimum Gasteiger partial charge on any atom is -0.254 e. The van der Waals surface area contributed by atoms with Crippen LogP contribution in [0.5, 0.6) is 0 Å². The quantitative estimate of drug-likeness (QED) is 0.791. The number of aromatic nitrogens is 2. The highest BCUT2D eigenvalue weighted by Gasteiger charge is 2.08. The number of hydrogen-bond acceptors (Lipinski definition) is 4. The fourth-order valence-corrected chi connectivity index (χ4v) is 2.50. The van der Waals surface area contributed by atoms with Crippen molar-refractivity contribution in [2.75, 3.05) is 0 Å². The molecule has 0 radical (unpaired) electrons. The van der Waals surface area contributed by atoms with E-state index in [1.165, 1.54) is 4.88 Å². The van der Waals surface area contributed by atoms with Gasteiger partial charge in [-0.05, 0) is 19.1 Å². The molecule has 0 spiro atoms. The Bertz CT molecular complexity index is 423. The standard InChI is InChI=1S/C10H10N2S2/c1-7-9(6-13)14-10(12-7)8-4-2-3-5-11-8/h2-5,13H,6H2,1H3. The van der Waals surface area contributed by atoms with Crippen molar-refractivity contribution in [2.45, 2.75) is 12.7 Å². The van der Waals surface area contributed by atoms with Gasteiger partial charge in [0, 0.05) is 16.8 Å². The molecule has 0 fully saturated rings. The third-order valence-corrected chi connectivity index (χ3v) is 3.63. The number of nitrogens with zero attached hydrogens (tertiary/aromatic N) is 2. The maximum Gasteiger partial charge on any atom is 0.142 e. The van der Waals surface area contributed by atoms with E-state index in [2.05, 4.69) is 22.6 Å². The van der Waals surface area contributed by atoms with Crippen molar-refractivity contribution in [3.8, 4) is 10.7 Å². The predicted octanol–water partition coefficient (Wildman–Crippen LogP) is 2.94. The Labute approximate surface area is 92.5 Å². The Morgan fingerprint density at radius 1 is 1.43 bits per heavy atom. The van der Waals surface area contributed by atoms with Gasteiger partial charge in [0.25, 0.3) is 0 Å². The summed E-state index contributed by atoms with van der Waals surface area (Å²) >= 11 is 5.92. The van der Waals surface area contributed by atoms with E-state index in [0.717, 1.165) is 22.1 Å². The van der Waals surface area contributed by atoms with E-state index < -0.39 is 0 Å². The van der Waals surface area contributed by atoms with Crippen LogP contribution in [0.15, 0.2) is 24.4 Å². The van der Waals surface area contributed by atoms with Crippen LogP contribution in [0.2, 0.25) is 0 Å². The second-order valence-electron chi connectivity index (χ2n) is 2.90. The molecular formula is C10H10N2S2. The summed E-state index contributed by atoms with van der Waals surface area (Å²) in [7, 11) is 0. The van der Waals surface area contributed by atoms with Crippen LogP contribution < -0.4 is 0 Å². The molecule has 0 aliphatic carbocycles. The molecule has 2 nitrogen and oxygen atoms in total. The van der Waals surface area contributed by atoms with Crippen LogP contribution in [-0.2, 0) is 5.75 Å². The molecule has 0 N–H and O–H groups in total. The van der Waals surface area contributed by atoms with Gasteiger partial charge in [0.05, 0.1) is 11.4 Å². The summed E-state index contributed by atoms with van der Waals surface area (Å²) in [5.74, 6) is 0.746. The average molecular weight is 222 g/mol. The van der Waals surface area contributed by atoms with Gasteiger partial charge < -0.3 is 0 Å². The number of hydrogen-bond donors (Lipinski definition) is 1. The van der Waals surface area contributed by atoms with Crippen LogP contribution in [-0.4, -0.2) is 9.97 Å². The number of pyridine rings is 1.